The van der Waals surface area contributed by atoms with Crippen LogP contribution < -0.4 is 4.90 Å². The molecule has 12 rings (SSSR count). The van der Waals surface area contributed by atoms with E-state index in [0.29, 0.717) is 0 Å². The molecule has 1 heterocycles. The highest BCUT2D eigenvalue weighted by Crippen LogP contribution is 2.51. The lowest BCUT2D eigenvalue weighted by molar-refractivity contribution is 0.660. The predicted octanol–water partition coefficient (Wildman–Crippen LogP) is 15.4. The molecule has 0 saturated heterocycles. The minimum absolute atomic E-state index is 0.0804. The quantitative estimate of drug-likeness (QED) is 0.160. The second-order valence-electron chi connectivity index (χ2n) is 16.6. The van der Waals surface area contributed by atoms with Crippen molar-refractivity contribution in [1.29, 1.82) is 0 Å². The molecule has 0 aliphatic heterocycles. The van der Waals surface area contributed by atoms with Crippen molar-refractivity contribution < 1.29 is 0 Å². The number of rotatable bonds is 5. The molecule has 0 amide bonds. The lowest BCUT2D eigenvalue weighted by Crippen LogP contribution is -2.16. The molecule has 1 aliphatic rings. The van der Waals surface area contributed by atoms with E-state index < -0.39 is 0 Å². The number of anilines is 3. The Bertz CT molecular complexity index is 3390. The highest BCUT2D eigenvalue weighted by Gasteiger charge is 2.35. The van der Waals surface area contributed by atoms with Gasteiger partial charge in [0, 0.05) is 38.9 Å². The van der Waals surface area contributed by atoms with Crippen molar-refractivity contribution in [1.82, 2.24) is 4.57 Å². The molecule has 0 spiro atoms. The maximum absolute atomic E-state index is 2.45. The molecular formula is C56H40N2. The smallest absolute Gasteiger partial charge is 0.0553 e. The van der Waals surface area contributed by atoms with Crippen LogP contribution in [0, 0.1) is 6.92 Å². The van der Waals surface area contributed by atoms with Gasteiger partial charge in [-0.3, -0.25) is 0 Å². The van der Waals surface area contributed by atoms with Crippen LogP contribution in [0.25, 0.3) is 82.1 Å². The van der Waals surface area contributed by atoms with E-state index in [4.69, 9.17) is 0 Å². The van der Waals surface area contributed by atoms with Crippen molar-refractivity contribution in [3.8, 4) is 27.9 Å². The first kappa shape index (κ1) is 33.0. The molecule has 0 unspecified atom stereocenters. The van der Waals surface area contributed by atoms with Crippen LogP contribution in [0.5, 0.6) is 0 Å². The average molecular weight is 741 g/mol. The first-order chi connectivity index (χ1) is 28.4. The molecule has 1 aromatic heterocycles. The normalized spacial score (nSPS) is 13.2. The number of aryl methyl sites for hydroxylation is 1. The topological polar surface area (TPSA) is 8.17 Å². The number of hydrogen-bond acceptors (Lipinski definition) is 1. The van der Waals surface area contributed by atoms with Crippen LogP contribution >= 0.6 is 0 Å². The summed E-state index contributed by atoms with van der Waals surface area (Å²) in [6, 6.07) is 70.1. The molecular weight excluding hydrogens is 701 g/mol. The summed E-state index contributed by atoms with van der Waals surface area (Å²) in [6.45, 7) is 6.86. The zero-order chi connectivity index (χ0) is 38.7. The summed E-state index contributed by atoms with van der Waals surface area (Å²) in [5.74, 6) is 0. The summed E-state index contributed by atoms with van der Waals surface area (Å²) >= 11 is 0. The molecule has 2 heteroatoms. The number of hydrogen-bond donors (Lipinski definition) is 0. The van der Waals surface area contributed by atoms with Gasteiger partial charge in [-0.05, 0) is 139 Å². The average Bonchev–Trinajstić information content (AvgIpc) is 3.71. The van der Waals surface area contributed by atoms with Crippen LogP contribution in [-0.4, -0.2) is 4.57 Å². The largest absolute Gasteiger partial charge is 0.310 e. The Kier molecular flexibility index (Phi) is 6.93. The monoisotopic (exact) mass is 740 g/mol. The molecule has 11 aromatic rings. The lowest BCUT2D eigenvalue weighted by atomic mass is 9.82. The summed E-state index contributed by atoms with van der Waals surface area (Å²) in [5.41, 5.74) is 16.1. The summed E-state index contributed by atoms with van der Waals surface area (Å²) in [5, 5.41) is 10.4. The number of fused-ring (bicyclic) bond motifs is 7. The van der Waals surface area contributed by atoms with E-state index in [0.717, 1.165) is 17.1 Å². The lowest BCUT2D eigenvalue weighted by Gasteiger charge is -2.28. The summed E-state index contributed by atoms with van der Waals surface area (Å²) in [6.07, 6.45) is 0. The number of nitrogens with zero attached hydrogens (tertiary/aromatic N) is 2. The summed E-state index contributed by atoms with van der Waals surface area (Å²) in [4.78, 5) is 2.40. The van der Waals surface area contributed by atoms with Crippen molar-refractivity contribution in [2.45, 2.75) is 26.2 Å². The Morgan fingerprint density at radius 2 is 1.07 bits per heavy atom. The second kappa shape index (κ2) is 12.2. The molecule has 2 nitrogen and oxygen atoms in total. The third kappa shape index (κ3) is 4.72. The molecule has 0 fully saturated rings. The Morgan fingerprint density at radius 1 is 0.414 bits per heavy atom. The molecule has 0 atom stereocenters. The first-order valence-corrected chi connectivity index (χ1v) is 20.3. The molecule has 0 N–H and O–H groups in total. The number of para-hydroxylation sites is 1. The highest BCUT2D eigenvalue weighted by molar-refractivity contribution is 6.33. The van der Waals surface area contributed by atoms with Gasteiger partial charge < -0.3 is 9.47 Å². The molecule has 274 valence electrons. The van der Waals surface area contributed by atoms with Gasteiger partial charge in [-0.25, -0.2) is 0 Å². The van der Waals surface area contributed by atoms with Crippen LogP contribution in [0.4, 0.5) is 17.1 Å². The van der Waals surface area contributed by atoms with Gasteiger partial charge in [0.15, 0.2) is 0 Å². The van der Waals surface area contributed by atoms with E-state index in [9.17, 15) is 0 Å². The van der Waals surface area contributed by atoms with Crippen molar-refractivity contribution in [2.24, 2.45) is 0 Å². The van der Waals surface area contributed by atoms with Crippen LogP contribution in [0.1, 0.15) is 30.5 Å². The van der Waals surface area contributed by atoms with Crippen LogP contribution in [0.3, 0.4) is 0 Å². The fourth-order valence-corrected chi connectivity index (χ4v) is 10.1. The third-order valence-electron chi connectivity index (χ3n) is 13.0. The van der Waals surface area contributed by atoms with Gasteiger partial charge in [0.1, 0.15) is 0 Å². The fourth-order valence-electron chi connectivity index (χ4n) is 10.1. The summed E-state index contributed by atoms with van der Waals surface area (Å²) in [7, 11) is 0. The molecule has 0 radical (unpaired) electrons. The molecule has 0 saturated carbocycles. The van der Waals surface area contributed by atoms with E-state index >= 15 is 0 Å². The minimum atomic E-state index is -0.0804. The van der Waals surface area contributed by atoms with E-state index in [-0.39, 0.29) is 5.41 Å². The maximum Gasteiger partial charge on any atom is 0.0553 e. The predicted molar refractivity (Wildman–Crippen MR) is 247 cm³/mol. The number of benzene rings is 10. The Morgan fingerprint density at radius 3 is 1.86 bits per heavy atom. The van der Waals surface area contributed by atoms with Gasteiger partial charge in [-0.2, -0.15) is 0 Å². The van der Waals surface area contributed by atoms with E-state index in [1.807, 2.05) is 0 Å². The van der Waals surface area contributed by atoms with Crippen LogP contribution in [-0.2, 0) is 5.41 Å². The van der Waals surface area contributed by atoms with Gasteiger partial charge >= 0.3 is 0 Å². The Labute approximate surface area is 338 Å². The molecule has 1 aliphatic carbocycles. The van der Waals surface area contributed by atoms with Gasteiger partial charge in [0.25, 0.3) is 0 Å². The zero-order valence-corrected chi connectivity index (χ0v) is 32.8. The van der Waals surface area contributed by atoms with Crippen LogP contribution in [0.2, 0.25) is 0 Å². The van der Waals surface area contributed by atoms with Gasteiger partial charge in [0.2, 0.25) is 0 Å². The molecule has 0 bridgehead atoms. The third-order valence-corrected chi connectivity index (χ3v) is 13.0. The first-order valence-electron chi connectivity index (χ1n) is 20.3. The zero-order valence-electron chi connectivity index (χ0n) is 32.8. The van der Waals surface area contributed by atoms with Gasteiger partial charge in [0.05, 0.1) is 11.0 Å². The standard InChI is InChI=1S/C56H40N2/c1-35-16-24-42(25-17-35)57(44-28-30-46-45-14-7-8-15-49(45)56(2,3)50(46)34-44)43-26-20-36(21-27-43)39-23-31-51-48(32-39)55-47-29-22-38-11-9-10-37-18-19-40(54(47)53(37)38)33-52(55)58(51)41-12-5-4-6-13-41/h4-34H,1-3H3. The Hall–Kier alpha value is -7.16. The Balaban J connectivity index is 1.02. The van der Waals surface area contributed by atoms with Crippen molar-refractivity contribution in [3.05, 3.63) is 205 Å². The van der Waals surface area contributed by atoms with E-state index in [2.05, 4.69) is 218 Å². The van der Waals surface area contributed by atoms with Gasteiger partial charge in [-0.1, -0.05) is 141 Å². The SMILES string of the molecule is Cc1ccc(N(c2ccc(-c3ccc4c(c3)c3c5ccc6cccc7ccc(cc3n4-c3ccccc3)c5c76)cc2)c2ccc3c(c2)C(C)(C)c2ccccc2-3)cc1. The molecule has 10 aromatic carbocycles. The van der Waals surface area contributed by atoms with E-state index in [1.165, 1.54) is 98.8 Å². The maximum atomic E-state index is 2.45. The van der Waals surface area contributed by atoms with Crippen molar-refractivity contribution in [2.75, 3.05) is 4.90 Å². The van der Waals surface area contributed by atoms with Crippen LogP contribution in [0.15, 0.2) is 188 Å². The summed E-state index contributed by atoms with van der Waals surface area (Å²) < 4.78 is 2.45. The van der Waals surface area contributed by atoms with Crippen molar-refractivity contribution in [3.63, 3.8) is 0 Å². The van der Waals surface area contributed by atoms with E-state index in [1.54, 1.807) is 0 Å². The van der Waals surface area contributed by atoms with Gasteiger partial charge in [-0.15, -0.1) is 0 Å². The highest BCUT2D eigenvalue weighted by atomic mass is 15.1. The molecule has 58 heavy (non-hydrogen) atoms. The number of aromatic nitrogens is 1. The second-order valence-corrected chi connectivity index (χ2v) is 16.6. The fraction of sp³-hybridized carbons (Fsp3) is 0.0714. The minimum Gasteiger partial charge on any atom is -0.310 e. The van der Waals surface area contributed by atoms with Crippen molar-refractivity contribution >= 4 is 71.2 Å².